The molecule has 2 heterocycles. The summed E-state index contributed by atoms with van der Waals surface area (Å²) in [4.78, 5) is 15.6. The van der Waals surface area contributed by atoms with Crippen LogP contribution >= 0.6 is 11.6 Å². The number of aliphatic hydroxyl groups is 1. The molecule has 1 fully saturated rings. The number of nitrogens with one attached hydrogen (secondary N) is 1. The Labute approximate surface area is 245 Å². The standard InChI is InChI=1S/C32H41ClN2O4S/c1-4-7-21-16-25(33)11-13-26(21)24-19-35-18-23-9-12-27(23)29(36)8-5-6-15-32(2,3)40(38)34-31(37)22-10-14-30(39-20-24)28(35)17-22/h5,8,10-11,13-14,16-17,23-24,27,29,36H,4,6-7,9,12,15,18-20H2,1-3H3,(H,34,37)/b8-5+. The normalized spacial score (nSPS) is 29.3. The Morgan fingerprint density at radius 1 is 1.18 bits per heavy atom. The van der Waals surface area contributed by atoms with Gasteiger partial charge in [-0.3, -0.25) is 9.52 Å². The third-order valence-corrected chi connectivity index (χ3v) is 10.6. The molecule has 2 N–H and O–H groups in total. The van der Waals surface area contributed by atoms with Gasteiger partial charge in [0.1, 0.15) is 16.7 Å². The minimum Gasteiger partial charge on any atom is -0.491 e. The molecular weight excluding hydrogens is 544 g/mol. The topological polar surface area (TPSA) is 78.9 Å². The van der Waals surface area contributed by atoms with Gasteiger partial charge in [0.05, 0.1) is 23.1 Å². The quantitative estimate of drug-likeness (QED) is 0.421. The second-order valence-electron chi connectivity index (χ2n) is 12.1. The lowest BCUT2D eigenvalue weighted by Crippen LogP contribution is -2.44. The Bertz CT molecular complexity index is 1300. The molecule has 5 rings (SSSR count). The van der Waals surface area contributed by atoms with E-state index in [1.807, 2.05) is 44.2 Å². The SMILES string of the molecule is CCCc1cc(Cl)ccc1C1COc2ccc3cc2N(C1)CC1CCC1C(O)/C=C/CCC(C)(C)S(=O)NC3=O. The molecule has 216 valence electrons. The van der Waals surface area contributed by atoms with Crippen molar-refractivity contribution in [3.05, 3.63) is 70.3 Å². The zero-order valence-corrected chi connectivity index (χ0v) is 25.3. The third kappa shape index (κ3) is 6.27. The van der Waals surface area contributed by atoms with Crippen LogP contribution in [-0.4, -0.2) is 45.8 Å². The predicted octanol–water partition coefficient (Wildman–Crippen LogP) is 6.18. The number of aliphatic hydroxyl groups excluding tert-OH is 1. The summed E-state index contributed by atoms with van der Waals surface area (Å²) in [5, 5.41) is 11.8. The first-order chi connectivity index (χ1) is 19.2. The molecule has 0 radical (unpaired) electrons. The average molecular weight is 585 g/mol. The van der Waals surface area contributed by atoms with E-state index in [1.165, 1.54) is 11.1 Å². The fourth-order valence-electron chi connectivity index (χ4n) is 6.19. The molecule has 0 aromatic heterocycles. The second kappa shape index (κ2) is 12.3. The highest BCUT2D eigenvalue weighted by Gasteiger charge is 2.38. The van der Waals surface area contributed by atoms with Gasteiger partial charge in [-0.05, 0) is 99.2 Å². The number of hydrogen-bond acceptors (Lipinski definition) is 5. The van der Waals surface area contributed by atoms with Crippen LogP contribution in [0.3, 0.4) is 0 Å². The van der Waals surface area contributed by atoms with Crippen molar-refractivity contribution in [3.63, 3.8) is 0 Å². The number of anilines is 1. The fourth-order valence-corrected chi connectivity index (χ4v) is 7.25. The number of allylic oxidation sites excluding steroid dienone is 1. The smallest absolute Gasteiger partial charge is 0.263 e. The Hall–Kier alpha value is -2.35. The summed E-state index contributed by atoms with van der Waals surface area (Å²) < 4.78 is 21.7. The molecule has 2 aromatic rings. The van der Waals surface area contributed by atoms with E-state index in [0.717, 1.165) is 55.2 Å². The molecule has 2 aliphatic heterocycles. The summed E-state index contributed by atoms with van der Waals surface area (Å²) in [5.41, 5.74) is 3.82. The number of ether oxygens (including phenoxy) is 1. The Kier molecular flexibility index (Phi) is 8.93. The lowest BCUT2D eigenvalue weighted by Gasteiger charge is -2.42. The van der Waals surface area contributed by atoms with Gasteiger partial charge in [0.2, 0.25) is 0 Å². The molecule has 1 amide bonds. The molecular formula is C32H41ClN2O4S. The van der Waals surface area contributed by atoms with E-state index >= 15 is 0 Å². The van der Waals surface area contributed by atoms with Crippen molar-refractivity contribution in [1.29, 1.82) is 0 Å². The van der Waals surface area contributed by atoms with Crippen molar-refractivity contribution in [2.45, 2.75) is 76.1 Å². The maximum absolute atomic E-state index is 13.3. The van der Waals surface area contributed by atoms with Crippen LogP contribution in [0.5, 0.6) is 5.75 Å². The van der Waals surface area contributed by atoms with E-state index in [4.69, 9.17) is 16.3 Å². The predicted molar refractivity (Wildman–Crippen MR) is 163 cm³/mol. The number of amides is 1. The number of benzene rings is 2. The van der Waals surface area contributed by atoms with Crippen molar-refractivity contribution < 1.29 is 18.8 Å². The number of hydrogen-bond donors (Lipinski definition) is 2. The summed E-state index contributed by atoms with van der Waals surface area (Å²) in [6.07, 6.45) is 8.75. The van der Waals surface area contributed by atoms with E-state index in [2.05, 4.69) is 28.7 Å². The number of nitrogens with zero attached hydrogens (tertiary/aromatic N) is 1. The highest BCUT2D eigenvalue weighted by molar-refractivity contribution is 7.85. The largest absolute Gasteiger partial charge is 0.491 e. The summed E-state index contributed by atoms with van der Waals surface area (Å²) >= 11 is 6.38. The van der Waals surface area contributed by atoms with Crippen LogP contribution in [0.4, 0.5) is 5.69 Å². The van der Waals surface area contributed by atoms with E-state index in [1.54, 1.807) is 6.07 Å². The molecule has 2 aromatic carbocycles. The van der Waals surface area contributed by atoms with Crippen molar-refractivity contribution in [2.75, 3.05) is 24.6 Å². The molecule has 5 atom stereocenters. The van der Waals surface area contributed by atoms with Gasteiger partial charge in [-0.15, -0.1) is 0 Å². The van der Waals surface area contributed by atoms with Gasteiger partial charge < -0.3 is 14.7 Å². The van der Waals surface area contributed by atoms with Gasteiger partial charge in [-0.1, -0.05) is 43.2 Å². The summed E-state index contributed by atoms with van der Waals surface area (Å²) in [6, 6.07) is 11.6. The molecule has 2 bridgehead atoms. The summed E-state index contributed by atoms with van der Waals surface area (Å²) in [5.74, 6) is 1.03. The Morgan fingerprint density at radius 3 is 2.75 bits per heavy atom. The number of fused-ring (bicyclic) bond motifs is 2. The first-order valence-electron chi connectivity index (χ1n) is 14.5. The van der Waals surface area contributed by atoms with Gasteiger partial charge in [-0.25, -0.2) is 4.21 Å². The van der Waals surface area contributed by atoms with Crippen molar-refractivity contribution >= 4 is 34.2 Å². The van der Waals surface area contributed by atoms with Crippen molar-refractivity contribution in [1.82, 2.24) is 4.72 Å². The molecule has 3 aliphatic rings. The number of halogens is 1. The second-order valence-corrected chi connectivity index (χ2v) is 14.4. The monoisotopic (exact) mass is 584 g/mol. The molecule has 6 nitrogen and oxygen atoms in total. The highest BCUT2D eigenvalue weighted by atomic mass is 35.5. The molecule has 1 saturated carbocycles. The summed E-state index contributed by atoms with van der Waals surface area (Å²) in [7, 11) is -1.57. The highest BCUT2D eigenvalue weighted by Crippen LogP contribution is 2.42. The van der Waals surface area contributed by atoms with Crippen LogP contribution in [0.25, 0.3) is 0 Å². The minimum atomic E-state index is -1.57. The number of carbonyl (C=O) groups is 1. The molecule has 0 spiro atoms. The molecule has 5 unspecified atom stereocenters. The molecule has 8 heteroatoms. The van der Waals surface area contributed by atoms with Crippen LogP contribution < -0.4 is 14.4 Å². The van der Waals surface area contributed by atoms with Crippen molar-refractivity contribution in [2.24, 2.45) is 11.8 Å². The lowest BCUT2D eigenvalue weighted by atomic mass is 9.70. The van der Waals surface area contributed by atoms with Gasteiger partial charge in [0, 0.05) is 29.6 Å². The van der Waals surface area contributed by atoms with Crippen LogP contribution in [-0.2, 0) is 17.4 Å². The Balaban J connectivity index is 1.53. The molecule has 40 heavy (non-hydrogen) atoms. The third-order valence-electron chi connectivity index (χ3n) is 8.81. The number of aryl methyl sites for hydroxylation is 1. The van der Waals surface area contributed by atoms with E-state index in [0.29, 0.717) is 30.9 Å². The average Bonchev–Trinajstić information content (AvgIpc) is 3.08. The van der Waals surface area contributed by atoms with Crippen LogP contribution in [0, 0.1) is 11.8 Å². The molecule has 1 aliphatic carbocycles. The first-order valence-corrected chi connectivity index (χ1v) is 16.1. The minimum absolute atomic E-state index is 0.116. The van der Waals surface area contributed by atoms with Gasteiger partial charge >= 0.3 is 0 Å². The maximum atomic E-state index is 13.3. The zero-order valence-electron chi connectivity index (χ0n) is 23.7. The molecule has 0 saturated heterocycles. The summed E-state index contributed by atoms with van der Waals surface area (Å²) in [6.45, 7) is 7.98. The van der Waals surface area contributed by atoms with Gasteiger partial charge in [-0.2, -0.15) is 0 Å². The van der Waals surface area contributed by atoms with Gasteiger partial charge in [0.25, 0.3) is 5.91 Å². The van der Waals surface area contributed by atoms with E-state index < -0.39 is 21.8 Å². The van der Waals surface area contributed by atoms with Crippen LogP contribution in [0.15, 0.2) is 48.6 Å². The zero-order chi connectivity index (χ0) is 28.4. The van der Waals surface area contributed by atoms with Gasteiger partial charge in [0.15, 0.2) is 0 Å². The Morgan fingerprint density at radius 2 is 2.00 bits per heavy atom. The maximum Gasteiger partial charge on any atom is 0.263 e. The van der Waals surface area contributed by atoms with Crippen molar-refractivity contribution in [3.8, 4) is 5.75 Å². The fraction of sp³-hybridized carbons (Fsp3) is 0.531. The number of carbonyl (C=O) groups excluding carboxylic acids is 1. The van der Waals surface area contributed by atoms with E-state index in [9.17, 15) is 14.1 Å². The van der Waals surface area contributed by atoms with E-state index in [-0.39, 0.29) is 17.7 Å². The van der Waals surface area contributed by atoms with Crippen LogP contribution in [0.2, 0.25) is 5.02 Å². The first kappa shape index (κ1) is 29.2. The van der Waals surface area contributed by atoms with Crippen LogP contribution in [0.1, 0.15) is 80.3 Å². The number of rotatable bonds is 3. The lowest BCUT2D eigenvalue weighted by molar-refractivity contribution is 0.0461.